The normalized spacial score (nSPS) is 12.4. The summed E-state index contributed by atoms with van der Waals surface area (Å²) in [5.41, 5.74) is 2.33. The fourth-order valence-electron chi connectivity index (χ4n) is 8.96. The van der Waals surface area contributed by atoms with E-state index in [2.05, 4.69) is 11.1 Å². The lowest BCUT2D eigenvalue weighted by Gasteiger charge is -2.19. The van der Waals surface area contributed by atoms with Gasteiger partial charge in [0.05, 0.1) is 68.0 Å². The number of rotatable bonds is 5. The van der Waals surface area contributed by atoms with Gasteiger partial charge >= 0.3 is 18.5 Å². The molecule has 0 amide bonds. The number of nitrogens with zero attached hydrogens (tertiary/aromatic N) is 4. The van der Waals surface area contributed by atoms with Crippen LogP contribution in [0.15, 0.2) is 158 Å². The fraction of sp³-hybridized carbons (Fsp3) is 0.0769. The van der Waals surface area contributed by atoms with Crippen molar-refractivity contribution in [2.45, 2.75) is 25.5 Å². The molecule has 0 bridgehead atoms. The first-order valence-electron chi connectivity index (χ1n) is 20.0. The quantitative estimate of drug-likeness (QED) is 0.162. The number of alkyl halides is 9. The molecule has 0 aliphatic rings. The fourth-order valence-corrected chi connectivity index (χ4v) is 8.96. The van der Waals surface area contributed by atoms with Crippen LogP contribution in [0.25, 0.3) is 88.4 Å². The predicted molar refractivity (Wildman–Crippen MR) is 234 cm³/mol. The second kappa shape index (κ2) is 14.9. The number of hydrogen-bond acceptors (Lipinski definition) is 2. The summed E-state index contributed by atoms with van der Waals surface area (Å²) < 4.78 is 131. The van der Waals surface area contributed by atoms with E-state index in [-0.39, 0.29) is 17.2 Å². The van der Waals surface area contributed by atoms with Gasteiger partial charge in [0.25, 0.3) is 0 Å². The molecule has 0 fully saturated rings. The van der Waals surface area contributed by atoms with Gasteiger partial charge in [-0.15, -0.1) is 0 Å². The maximum Gasteiger partial charge on any atom is 0.417 e. The van der Waals surface area contributed by atoms with E-state index < -0.39 is 40.8 Å². The summed E-state index contributed by atoms with van der Waals surface area (Å²) in [6, 6.07) is 39.6. The van der Waals surface area contributed by atoms with Crippen molar-refractivity contribution in [1.82, 2.24) is 14.1 Å². The van der Waals surface area contributed by atoms with Crippen LogP contribution in [0, 0.1) is 18.3 Å². The maximum atomic E-state index is 14.4. The number of hydrogen-bond donors (Lipinski definition) is 0. The van der Waals surface area contributed by atoms with E-state index in [1.165, 1.54) is 18.2 Å². The standard InChI is InChI=1S/C52H29F9N4/c1-29-10-15-34(42(22-29)51(56,57)58)31-12-18-46-40(24-31)36-6-2-4-8-44(36)64(46)48-23-30(27-62)11-16-38(48)39-20-21-63-28-49(39)65-45-9-5-3-7-37(45)41-25-32(13-19-47(41)65)35-17-14-33(50(53,54)55)26-43(35)52(59,60)61/h2-26,28H,1H3. The Balaban J connectivity index is 1.19. The van der Waals surface area contributed by atoms with Crippen LogP contribution in [-0.2, 0) is 18.5 Å². The van der Waals surface area contributed by atoms with Crippen molar-refractivity contribution in [3.8, 4) is 50.8 Å². The van der Waals surface area contributed by atoms with Crippen LogP contribution in [0.3, 0.4) is 0 Å². The van der Waals surface area contributed by atoms with Crippen LogP contribution in [0.1, 0.15) is 27.8 Å². The molecular weight excluding hydrogens is 852 g/mol. The Morgan fingerprint density at radius 1 is 0.462 bits per heavy atom. The third-order valence-corrected chi connectivity index (χ3v) is 11.8. The molecule has 4 nitrogen and oxygen atoms in total. The molecule has 10 aromatic rings. The summed E-state index contributed by atoms with van der Waals surface area (Å²) in [5, 5.41) is 12.8. The molecule has 0 atom stereocenters. The summed E-state index contributed by atoms with van der Waals surface area (Å²) in [4.78, 5) is 4.49. The van der Waals surface area contributed by atoms with E-state index in [1.54, 1.807) is 92.1 Å². The van der Waals surface area contributed by atoms with Crippen molar-refractivity contribution >= 4 is 43.6 Å². The molecule has 0 radical (unpaired) electrons. The molecule has 0 saturated heterocycles. The summed E-state index contributed by atoms with van der Waals surface area (Å²) >= 11 is 0. The van der Waals surface area contributed by atoms with Crippen LogP contribution in [0.2, 0.25) is 0 Å². The van der Waals surface area contributed by atoms with Gasteiger partial charge in [-0.1, -0.05) is 78.4 Å². The topological polar surface area (TPSA) is 46.5 Å². The van der Waals surface area contributed by atoms with Gasteiger partial charge in [0.2, 0.25) is 0 Å². The van der Waals surface area contributed by atoms with Crippen molar-refractivity contribution in [2.24, 2.45) is 0 Å². The Labute approximate surface area is 363 Å². The van der Waals surface area contributed by atoms with Gasteiger partial charge in [0, 0.05) is 38.9 Å². The van der Waals surface area contributed by atoms with Crippen molar-refractivity contribution in [2.75, 3.05) is 0 Å². The highest BCUT2D eigenvalue weighted by Gasteiger charge is 2.39. The van der Waals surface area contributed by atoms with Crippen molar-refractivity contribution in [3.05, 3.63) is 186 Å². The molecule has 13 heteroatoms. The minimum Gasteiger partial charge on any atom is -0.309 e. The number of nitriles is 1. The number of fused-ring (bicyclic) bond motifs is 6. The zero-order valence-electron chi connectivity index (χ0n) is 33.7. The van der Waals surface area contributed by atoms with E-state index in [9.17, 15) is 44.8 Å². The predicted octanol–water partition coefficient (Wildman–Crippen LogP) is 15.5. The Kier molecular flexibility index (Phi) is 9.42. The minimum absolute atomic E-state index is 0.0360. The van der Waals surface area contributed by atoms with Crippen molar-refractivity contribution in [3.63, 3.8) is 0 Å². The summed E-state index contributed by atoms with van der Waals surface area (Å²) in [7, 11) is 0. The lowest BCUT2D eigenvalue weighted by molar-refractivity contribution is -0.143. The van der Waals surface area contributed by atoms with Gasteiger partial charge in [-0.3, -0.25) is 4.98 Å². The summed E-state index contributed by atoms with van der Waals surface area (Å²) in [5.74, 6) is 0. The van der Waals surface area contributed by atoms with Gasteiger partial charge in [0.15, 0.2) is 0 Å². The molecule has 0 N–H and O–H groups in total. The van der Waals surface area contributed by atoms with Crippen LogP contribution in [0.5, 0.6) is 0 Å². The SMILES string of the molecule is Cc1ccc(-c2ccc3c(c2)c2ccccc2n3-c2cc(C#N)ccc2-c2ccncc2-n2c3ccccc3c3cc(-c4ccc(C(F)(F)F)cc4C(F)(F)F)ccc32)c(C(F)(F)F)c1. The maximum absolute atomic E-state index is 14.4. The number of aryl methyl sites for hydroxylation is 1. The first-order valence-corrected chi connectivity index (χ1v) is 20.0. The van der Waals surface area contributed by atoms with E-state index in [0.717, 1.165) is 23.0 Å². The third-order valence-electron chi connectivity index (χ3n) is 11.8. The second-order valence-corrected chi connectivity index (χ2v) is 15.7. The van der Waals surface area contributed by atoms with Crippen LogP contribution < -0.4 is 0 Å². The largest absolute Gasteiger partial charge is 0.417 e. The van der Waals surface area contributed by atoms with Crippen molar-refractivity contribution < 1.29 is 39.5 Å². The molecule has 3 aromatic heterocycles. The highest BCUT2D eigenvalue weighted by Crippen LogP contribution is 2.46. The second-order valence-electron chi connectivity index (χ2n) is 15.7. The summed E-state index contributed by atoms with van der Waals surface area (Å²) in [6.45, 7) is 1.61. The van der Waals surface area contributed by atoms with Crippen LogP contribution >= 0.6 is 0 Å². The Morgan fingerprint density at radius 2 is 0.969 bits per heavy atom. The zero-order valence-corrected chi connectivity index (χ0v) is 33.7. The molecule has 0 unspecified atom stereocenters. The molecule has 0 aliphatic carbocycles. The number of benzene rings is 7. The van der Waals surface area contributed by atoms with Crippen LogP contribution in [0.4, 0.5) is 39.5 Å². The van der Waals surface area contributed by atoms with Gasteiger partial charge in [0.1, 0.15) is 0 Å². The van der Waals surface area contributed by atoms with Gasteiger partial charge in [-0.2, -0.15) is 44.8 Å². The van der Waals surface area contributed by atoms with E-state index in [4.69, 9.17) is 0 Å². The molecule has 7 aromatic carbocycles. The number of para-hydroxylation sites is 2. The van der Waals surface area contributed by atoms with Crippen LogP contribution in [-0.4, -0.2) is 14.1 Å². The highest BCUT2D eigenvalue weighted by molar-refractivity contribution is 6.13. The monoisotopic (exact) mass is 880 g/mol. The highest BCUT2D eigenvalue weighted by atomic mass is 19.4. The van der Waals surface area contributed by atoms with Crippen molar-refractivity contribution in [1.29, 1.82) is 5.26 Å². The average molecular weight is 881 g/mol. The molecule has 0 spiro atoms. The van der Waals surface area contributed by atoms with Gasteiger partial charge in [-0.25, -0.2) is 0 Å². The number of pyridine rings is 1. The average Bonchev–Trinajstić information content (AvgIpc) is 3.80. The minimum atomic E-state index is -5.08. The zero-order chi connectivity index (χ0) is 45.6. The van der Waals surface area contributed by atoms with Gasteiger partial charge in [-0.05, 0) is 102 Å². The van der Waals surface area contributed by atoms with Gasteiger partial charge < -0.3 is 9.13 Å². The Morgan fingerprint density at radius 3 is 1.54 bits per heavy atom. The molecule has 10 rings (SSSR count). The molecular formula is C52H29F9N4. The third kappa shape index (κ3) is 6.93. The van der Waals surface area contributed by atoms with E-state index in [1.807, 2.05) is 39.5 Å². The molecule has 320 valence electrons. The Hall–Kier alpha value is -7.85. The molecule has 0 saturated carbocycles. The van der Waals surface area contributed by atoms with E-state index >= 15 is 0 Å². The Bertz CT molecular complexity index is 3600. The molecule has 3 heterocycles. The number of halogens is 9. The molecule has 0 aliphatic heterocycles. The summed E-state index contributed by atoms with van der Waals surface area (Å²) in [6.07, 6.45) is -11.4. The first-order chi connectivity index (χ1) is 31.0. The first kappa shape index (κ1) is 41.2. The smallest absolute Gasteiger partial charge is 0.309 e. The number of aromatic nitrogens is 3. The lowest BCUT2D eigenvalue weighted by atomic mass is 9.95. The van der Waals surface area contributed by atoms with E-state index in [0.29, 0.717) is 78.0 Å². The molecule has 65 heavy (non-hydrogen) atoms. The lowest BCUT2D eigenvalue weighted by Crippen LogP contribution is -2.12.